The summed E-state index contributed by atoms with van der Waals surface area (Å²) in [5, 5.41) is 3.88. The van der Waals surface area contributed by atoms with Crippen molar-refractivity contribution < 1.29 is 14.4 Å². The summed E-state index contributed by atoms with van der Waals surface area (Å²) in [6.45, 7) is 0.168. The Bertz CT molecular complexity index is 784. The van der Waals surface area contributed by atoms with Crippen molar-refractivity contribution >= 4 is 28.6 Å². The van der Waals surface area contributed by atoms with Gasteiger partial charge < -0.3 is 10.3 Å². The van der Waals surface area contributed by atoms with Crippen LogP contribution < -0.4 is 5.32 Å². The maximum Gasteiger partial charge on any atom is 0.240 e. The second-order valence-electron chi connectivity index (χ2n) is 6.92. The standard InChI is InChI=1S/C19H21N3O3/c23-17(20-10-13-9-12-5-1-4-8-16(12)21-13)11-22-18(24)14-6-2-3-7-15(14)19(22)25/h1,4-5,8-9,14-15,21H,2-3,6-7,10-11H2,(H,20,23)/t14-,15-/m0/s1. The van der Waals surface area contributed by atoms with Gasteiger partial charge in [-0.3, -0.25) is 19.3 Å². The van der Waals surface area contributed by atoms with Gasteiger partial charge in [-0.05, 0) is 30.4 Å². The van der Waals surface area contributed by atoms with Crippen molar-refractivity contribution in [2.24, 2.45) is 11.8 Å². The summed E-state index contributed by atoms with van der Waals surface area (Å²) >= 11 is 0. The van der Waals surface area contributed by atoms with Crippen LogP contribution in [0.4, 0.5) is 0 Å². The first-order chi connectivity index (χ1) is 12.1. The molecule has 0 spiro atoms. The number of para-hydroxylation sites is 1. The summed E-state index contributed by atoms with van der Waals surface area (Å²) in [6, 6.07) is 9.87. The van der Waals surface area contributed by atoms with Crippen LogP contribution in [0.1, 0.15) is 31.4 Å². The Balaban J connectivity index is 1.37. The number of rotatable bonds is 4. The molecule has 0 radical (unpaired) electrons. The highest BCUT2D eigenvalue weighted by atomic mass is 16.2. The van der Waals surface area contributed by atoms with Crippen LogP contribution in [0.3, 0.4) is 0 Å². The zero-order valence-electron chi connectivity index (χ0n) is 14.0. The van der Waals surface area contributed by atoms with Gasteiger partial charge in [0.05, 0.1) is 18.4 Å². The molecule has 2 atom stereocenters. The fourth-order valence-corrected chi connectivity index (χ4v) is 4.01. The molecule has 25 heavy (non-hydrogen) atoms. The number of likely N-dealkylation sites (tertiary alicyclic amines) is 1. The molecule has 1 aliphatic heterocycles. The Morgan fingerprint density at radius 1 is 1.12 bits per heavy atom. The Morgan fingerprint density at radius 3 is 2.48 bits per heavy atom. The summed E-state index contributed by atoms with van der Waals surface area (Å²) in [7, 11) is 0. The molecule has 2 aliphatic rings. The monoisotopic (exact) mass is 339 g/mol. The molecule has 2 heterocycles. The Labute approximate surface area is 145 Å². The van der Waals surface area contributed by atoms with E-state index in [1.807, 2.05) is 30.3 Å². The minimum Gasteiger partial charge on any atom is -0.357 e. The number of amides is 3. The number of nitrogens with zero attached hydrogens (tertiary/aromatic N) is 1. The van der Waals surface area contributed by atoms with E-state index >= 15 is 0 Å². The van der Waals surface area contributed by atoms with Gasteiger partial charge in [0.1, 0.15) is 6.54 Å². The number of aromatic nitrogens is 1. The molecule has 1 aliphatic carbocycles. The fourth-order valence-electron chi connectivity index (χ4n) is 4.01. The number of benzene rings is 1. The maximum absolute atomic E-state index is 12.4. The van der Waals surface area contributed by atoms with Gasteiger partial charge in [0.25, 0.3) is 0 Å². The quantitative estimate of drug-likeness (QED) is 0.836. The second kappa shape index (κ2) is 6.35. The van der Waals surface area contributed by atoms with E-state index < -0.39 is 0 Å². The third-order valence-electron chi connectivity index (χ3n) is 5.30. The van der Waals surface area contributed by atoms with Gasteiger partial charge in [0.2, 0.25) is 17.7 Å². The van der Waals surface area contributed by atoms with Crippen LogP contribution in [0.5, 0.6) is 0 Å². The smallest absolute Gasteiger partial charge is 0.240 e. The van der Waals surface area contributed by atoms with E-state index in [9.17, 15) is 14.4 Å². The van der Waals surface area contributed by atoms with Gasteiger partial charge in [0, 0.05) is 11.2 Å². The lowest BCUT2D eigenvalue weighted by Gasteiger charge is -2.19. The van der Waals surface area contributed by atoms with Crippen molar-refractivity contribution in [3.8, 4) is 0 Å². The van der Waals surface area contributed by atoms with Crippen molar-refractivity contribution in [2.45, 2.75) is 32.2 Å². The van der Waals surface area contributed by atoms with Crippen LogP contribution >= 0.6 is 0 Å². The van der Waals surface area contributed by atoms with E-state index in [1.165, 1.54) is 0 Å². The molecule has 2 fully saturated rings. The Morgan fingerprint density at radius 2 is 1.80 bits per heavy atom. The van der Waals surface area contributed by atoms with Crippen molar-refractivity contribution in [1.29, 1.82) is 0 Å². The highest BCUT2D eigenvalue weighted by Gasteiger charge is 2.48. The molecule has 1 saturated heterocycles. The summed E-state index contributed by atoms with van der Waals surface area (Å²) in [4.78, 5) is 41.4. The van der Waals surface area contributed by atoms with Crippen LogP contribution in [0, 0.1) is 11.8 Å². The highest BCUT2D eigenvalue weighted by molar-refractivity contribution is 6.07. The Hall–Kier alpha value is -2.63. The molecule has 6 nitrogen and oxygen atoms in total. The second-order valence-corrected chi connectivity index (χ2v) is 6.92. The van der Waals surface area contributed by atoms with Crippen molar-refractivity contribution in [1.82, 2.24) is 15.2 Å². The number of hydrogen-bond donors (Lipinski definition) is 2. The molecule has 6 heteroatoms. The molecule has 4 rings (SSSR count). The molecule has 2 N–H and O–H groups in total. The normalized spacial score (nSPS) is 23.1. The molecular formula is C19H21N3O3. The first-order valence-corrected chi connectivity index (χ1v) is 8.82. The fraction of sp³-hybridized carbons (Fsp3) is 0.421. The topological polar surface area (TPSA) is 82.3 Å². The zero-order chi connectivity index (χ0) is 17.4. The minimum absolute atomic E-state index is 0.171. The summed E-state index contributed by atoms with van der Waals surface area (Å²) in [5.41, 5.74) is 1.91. The van der Waals surface area contributed by atoms with Crippen LogP contribution in [-0.4, -0.2) is 34.2 Å². The molecule has 130 valence electrons. The van der Waals surface area contributed by atoms with Crippen LogP contribution in [0.15, 0.2) is 30.3 Å². The maximum atomic E-state index is 12.4. The summed E-state index contributed by atoms with van der Waals surface area (Å²) < 4.78 is 0. The van der Waals surface area contributed by atoms with Crippen LogP contribution in [0.2, 0.25) is 0 Å². The van der Waals surface area contributed by atoms with Crippen molar-refractivity contribution in [3.63, 3.8) is 0 Å². The first-order valence-electron chi connectivity index (χ1n) is 8.82. The number of carbonyl (C=O) groups excluding carboxylic acids is 3. The van der Waals surface area contributed by atoms with E-state index in [1.54, 1.807) is 0 Å². The lowest BCUT2D eigenvalue weighted by atomic mass is 9.81. The van der Waals surface area contributed by atoms with Crippen molar-refractivity contribution in [3.05, 3.63) is 36.0 Å². The molecular weight excluding hydrogens is 318 g/mol. The van der Waals surface area contributed by atoms with Gasteiger partial charge >= 0.3 is 0 Å². The average molecular weight is 339 g/mol. The predicted molar refractivity (Wildman–Crippen MR) is 92.3 cm³/mol. The van der Waals surface area contributed by atoms with Gasteiger partial charge in [-0.25, -0.2) is 0 Å². The average Bonchev–Trinajstić information content (AvgIpc) is 3.15. The van der Waals surface area contributed by atoms with Gasteiger partial charge in [-0.15, -0.1) is 0 Å². The summed E-state index contributed by atoms with van der Waals surface area (Å²) in [5.74, 6) is -1.06. The molecule has 1 aromatic heterocycles. The number of carbonyl (C=O) groups is 3. The third-order valence-corrected chi connectivity index (χ3v) is 5.30. The summed E-state index contributed by atoms with van der Waals surface area (Å²) in [6.07, 6.45) is 3.51. The molecule has 1 aromatic carbocycles. The minimum atomic E-state index is -0.306. The van der Waals surface area contributed by atoms with E-state index in [2.05, 4.69) is 10.3 Å². The van der Waals surface area contributed by atoms with Gasteiger partial charge in [-0.1, -0.05) is 31.0 Å². The highest BCUT2D eigenvalue weighted by Crippen LogP contribution is 2.37. The molecule has 1 saturated carbocycles. The molecule has 2 aromatic rings. The lowest BCUT2D eigenvalue weighted by molar-refractivity contribution is -0.143. The number of hydrogen-bond acceptors (Lipinski definition) is 3. The number of aromatic amines is 1. The molecule has 0 unspecified atom stereocenters. The van der Waals surface area contributed by atoms with E-state index in [0.717, 1.165) is 47.2 Å². The lowest BCUT2D eigenvalue weighted by Crippen LogP contribution is -2.40. The van der Waals surface area contributed by atoms with Crippen LogP contribution in [0.25, 0.3) is 10.9 Å². The van der Waals surface area contributed by atoms with Crippen molar-refractivity contribution in [2.75, 3.05) is 6.54 Å². The molecule has 0 bridgehead atoms. The largest absolute Gasteiger partial charge is 0.357 e. The predicted octanol–water partition coefficient (Wildman–Crippen LogP) is 1.96. The number of nitrogens with one attached hydrogen (secondary N) is 2. The van der Waals surface area contributed by atoms with Gasteiger partial charge in [0.15, 0.2) is 0 Å². The zero-order valence-corrected chi connectivity index (χ0v) is 14.0. The Kier molecular flexibility index (Phi) is 4.03. The van der Waals surface area contributed by atoms with E-state index in [-0.39, 0.29) is 36.1 Å². The first kappa shape index (κ1) is 15.9. The van der Waals surface area contributed by atoms with Gasteiger partial charge in [-0.2, -0.15) is 0 Å². The molecule has 3 amide bonds. The van der Waals surface area contributed by atoms with E-state index in [0.29, 0.717) is 6.54 Å². The number of imide groups is 1. The van der Waals surface area contributed by atoms with E-state index in [4.69, 9.17) is 0 Å². The van der Waals surface area contributed by atoms with Crippen LogP contribution in [-0.2, 0) is 20.9 Å². The third kappa shape index (κ3) is 2.92. The number of H-pyrrole nitrogens is 1. The SMILES string of the molecule is O=C(CN1C(=O)[C@H]2CCCC[C@@H]2C1=O)NCc1cc2ccccc2[nH]1. The number of fused-ring (bicyclic) bond motifs is 2.